The third kappa shape index (κ3) is 1.07. The van der Waals surface area contributed by atoms with Crippen molar-refractivity contribution < 1.29 is 0 Å². The molecule has 0 unspecified atom stereocenters. The van der Waals surface area contributed by atoms with Crippen molar-refractivity contribution in [2.75, 3.05) is 0 Å². The Balaban J connectivity index is 2.62. The summed E-state index contributed by atoms with van der Waals surface area (Å²) in [6.07, 6.45) is 1.66. The van der Waals surface area contributed by atoms with Crippen LogP contribution in [0.1, 0.15) is 0 Å². The minimum atomic E-state index is 0.596. The maximum absolute atomic E-state index is 4.96. The minimum absolute atomic E-state index is 0.596. The van der Waals surface area contributed by atoms with E-state index >= 15 is 0 Å². The van der Waals surface area contributed by atoms with Crippen LogP contribution >= 0.6 is 23.8 Å². The van der Waals surface area contributed by atoms with Crippen LogP contribution in [0.4, 0.5) is 0 Å². The zero-order valence-corrected chi connectivity index (χ0v) is 7.82. The van der Waals surface area contributed by atoms with Gasteiger partial charge in [0, 0.05) is 7.05 Å². The van der Waals surface area contributed by atoms with Crippen LogP contribution in [0.15, 0.2) is 6.20 Å². The maximum Gasteiger partial charge on any atom is 0.195 e. The second-order valence-electron chi connectivity index (χ2n) is 2.19. The van der Waals surface area contributed by atoms with Crippen LogP contribution in [0.2, 0.25) is 0 Å². The molecule has 12 heavy (non-hydrogen) atoms. The van der Waals surface area contributed by atoms with Gasteiger partial charge in [0.1, 0.15) is 4.88 Å². The number of nitrogens with zero attached hydrogens (tertiary/aromatic N) is 4. The number of H-pyrrole nitrogens is 1. The van der Waals surface area contributed by atoms with E-state index in [0.29, 0.717) is 4.77 Å². The predicted octanol–water partition coefficient (Wildman–Crippen LogP) is 0.996. The smallest absolute Gasteiger partial charge is 0.195 e. The van der Waals surface area contributed by atoms with Crippen LogP contribution < -0.4 is 0 Å². The Labute approximate surface area is 77.2 Å². The molecule has 2 heterocycles. The van der Waals surface area contributed by atoms with Crippen LogP contribution in [0, 0.1) is 4.77 Å². The monoisotopic (exact) mass is 199 g/mol. The number of aromatic nitrogens is 5. The summed E-state index contributed by atoms with van der Waals surface area (Å²) in [6, 6.07) is 0. The summed E-state index contributed by atoms with van der Waals surface area (Å²) in [6.45, 7) is 0. The standard InChI is InChI=1S/C5H5N5S2/c1-10-4(7-8-5(10)11)3-2-6-9-12-3/h2H,1H3,(H,8,11). The molecule has 0 aliphatic heterocycles. The van der Waals surface area contributed by atoms with Gasteiger partial charge >= 0.3 is 0 Å². The molecule has 0 spiro atoms. The summed E-state index contributed by atoms with van der Waals surface area (Å²) in [7, 11) is 1.85. The lowest BCUT2D eigenvalue weighted by atomic mass is 10.5. The fraction of sp³-hybridized carbons (Fsp3) is 0.200. The van der Waals surface area contributed by atoms with Crippen LogP contribution in [-0.4, -0.2) is 24.4 Å². The van der Waals surface area contributed by atoms with Crippen molar-refractivity contribution in [3.63, 3.8) is 0 Å². The topological polar surface area (TPSA) is 59.4 Å². The van der Waals surface area contributed by atoms with Gasteiger partial charge in [0.25, 0.3) is 0 Å². The fourth-order valence-electron chi connectivity index (χ4n) is 0.833. The van der Waals surface area contributed by atoms with E-state index in [1.54, 1.807) is 10.8 Å². The second kappa shape index (κ2) is 2.76. The molecule has 0 saturated carbocycles. The summed E-state index contributed by atoms with van der Waals surface area (Å²) < 4.78 is 6.12. The highest BCUT2D eigenvalue weighted by atomic mass is 32.1. The molecule has 2 rings (SSSR count). The van der Waals surface area contributed by atoms with Crippen molar-refractivity contribution in [2.45, 2.75) is 0 Å². The first-order valence-corrected chi connectivity index (χ1v) is 4.36. The highest BCUT2D eigenvalue weighted by Crippen LogP contribution is 2.17. The van der Waals surface area contributed by atoms with Gasteiger partial charge in [0.15, 0.2) is 10.6 Å². The van der Waals surface area contributed by atoms with Crippen LogP contribution in [0.5, 0.6) is 0 Å². The van der Waals surface area contributed by atoms with Gasteiger partial charge in [0.2, 0.25) is 0 Å². The molecule has 0 atom stereocenters. The van der Waals surface area contributed by atoms with Crippen molar-refractivity contribution in [3.05, 3.63) is 11.0 Å². The SMILES string of the molecule is Cn1c(-c2cnns2)n[nH]c1=S. The first kappa shape index (κ1) is 7.56. The third-order valence-electron chi connectivity index (χ3n) is 1.46. The number of hydrogen-bond acceptors (Lipinski definition) is 5. The van der Waals surface area contributed by atoms with Gasteiger partial charge in [-0.05, 0) is 23.8 Å². The largest absolute Gasteiger partial charge is 0.303 e. The molecule has 62 valence electrons. The Bertz CT molecular complexity index is 425. The molecule has 0 aromatic carbocycles. The summed E-state index contributed by atoms with van der Waals surface area (Å²) >= 11 is 6.25. The fourth-order valence-corrected chi connectivity index (χ4v) is 1.51. The summed E-state index contributed by atoms with van der Waals surface area (Å²) in [5.74, 6) is 0.773. The molecule has 0 radical (unpaired) electrons. The zero-order valence-electron chi connectivity index (χ0n) is 6.18. The quantitative estimate of drug-likeness (QED) is 0.696. The average molecular weight is 199 g/mol. The van der Waals surface area contributed by atoms with Crippen molar-refractivity contribution >= 4 is 23.8 Å². The molecule has 0 amide bonds. The first-order chi connectivity index (χ1) is 5.79. The lowest BCUT2D eigenvalue weighted by molar-refractivity contribution is 0.903. The minimum Gasteiger partial charge on any atom is -0.303 e. The molecule has 0 fully saturated rings. The maximum atomic E-state index is 4.96. The number of aromatic amines is 1. The molecule has 0 aliphatic carbocycles. The van der Waals surface area contributed by atoms with Gasteiger partial charge in [-0.25, -0.2) is 0 Å². The van der Waals surface area contributed by atoms with E-state index in [4.69, 9.17) is 12.2 Å². The Morgan fingerprint density at radius 1 is 1.67 bits per heavy atom. The molecule has 2 aromatic rings. The van der Waals surface area contributed by atoms with E-state index in [0.717, 1.165) is 10.7 Å². The van der Waals surface area contributed by atoms with Gasteiger partial charge in [-0.3, -0.25) is 5.10 Å². The van der Waals surface area contributed by atoms with Crippen LogP contribution in [-0.2, 0) is 7.05 Å². The van der Waals surface area contributed by atoms with Gasteiger partial charge in [-0.15, -0.1) is 5.10 Å². The van der Waals surface area contributed by atoms with Crippen LogP contribution in [0.25, 0.3) is 10.7 Å². The van der Waals surface area contributed by atoms with E-state index in [1.165, 1.54) is 11.5 Å². The van der Waals surface area contributed by atoms with E-state index in [9.17, 15) is 0 Å². The number of nitrogens with one attached hydrogen (secondary N) is 1. The third-order valence-corrected chi connectivity index (χ3v) is 2.49. The van der Waals surface area contributed by atoms with Gasteiger partial charge in [0.05, 0.1) is 6.20 Å². The summed E-state index contributed by atoms with van der Waals surface area (Å²) in [5.41, 5.74) is 0. The predicted molar refractivity (Wildman–Crippen MR) is 47.3 cm³/mol. The number of rotatable bonds is 1. The van der Waals surface area contributed by atoms with Crippen molar-refractivity contribution in [3.8, 4) is 10.7 Å². The van der Waals surface area contributed by atoms with Crippen molar-refractivity contribution in [1.82, 2.24) is 24.4 Å². The normalized spacial score (nSPS) is 10.4. The van der Waals surface area contributed by atoms with E-state index < -0.39 is 0 Å². The second-order valence-corrected chi connectivity index (χ2v) is 3.37. The highest BCUT2D eigenvalue weighted by molar-refractivity contribution is 7.71. The molecular formula is C5H5N5S2. The van der Waals surface area contributed by atoms with Gasteiger partial charge < -0.3 is 4.57 Å². The molecule has 0 bridgehead atoms. The van der Waals surface area contributed by atoms with E-state index in [-0.39, 0.29) is 0 Å². The molecular weight excluding hydrogens is 194 g/mol. The lowest BCUT2D eigenvalue weighted by Crippen LogP contribution is -1.89. The van der Waals surface area contributed by atoms with Crippen molar-refractivity contribution in [2.24, 2.45) is 7.05 Å². The van der Waals surface area contributed by atoms with E-state index in [1.807, 2.05) is 7.05 Å². The molecule has 5 nitrogen and oxygen atoms in total. The Kier molecular flexibility index (Phi) is 1.74. The molecule has 7 heteroatoms. The first-order valence-electron chi connectivity index (χ1n) is 3.18. The Morgan fingerprint density at radius 2 is 2.50 bits per heavy atom. The molecule has 0 aliphatic rings. The molecule has 0 saturated heterocycles. The Morgan fingerprint density at radius 3 is 3.00 bits per heavy atom. The van der Waals surface area contributed by atoms with E-state index in [2.05, 4.69) is 19.8 Å². The zero-order chi connectivity index (χ0) is 8.55. The Hall–Kier alpha value is -1.08. The molecule has 1 N–H and O–H groups in total. The average Bonchev–Trinajstić information content (AvgIpc) is 2.64. The highest BCUT2D eigenvalue weighted by Gasteiger charge is 2.06. The van der Waals surface area contributed by atoms with Gasteiger partial charge in [-0.1, -0.05) is 4.49 Å². The van der Waals surface area contributed by atoms with Gasteiger partial charge in [-0.2, -0.15) is 5.10 Å². The molecule has 2 aromatic heterocycles. The van der Waals surface area contributed by atoms with Crippen molar-refractivity contribution in [1.29, 1.82) is 0 Å². The van der Waals surface area contributed by atoms with Crippen LogP contribution in [0.3, 0.4) is 0 Å². The summed E-state index contributed by atoms with van der Waals surface area (Å²) in [4.78, 5) is 0.907. The number of hydrogen-bond donors (Lipinski definition) is 1. The lowest BCUT2D eigenvalue weighted by Gasteiger charge is -1.92. The summed E-state index contributed by atoms with van der Waals surface area (Å²) in [5, 5.41) is 10.4.